The lowest BCUT2D eigenvalue weighted by atomic mass is 9.79. The predicted octanol–water partition coefficient (Wildman–Crippen LogP) is 1.62. The number of ether oxygens (including phenoxy) is 1. The van der Waals surface area contributed by atoms with Crippen LogP contribution in [0.4, 0.5) is 4.79 Å². The fourth-order valence-electron chi connectivity index (χ4n) is 2.98. The predicted molar refractivity (Wildman–Crippen MR) is 68.1 cm³/mol. The van der Waals surface area contributed by atoms with Gasteiger partial charge in [0.1, 0.15) is 6.61 Å². The Morgan fingerprint density at radius 2 is 2.22 bits per heavy atom. The van der Waals surface area contributed by atoms with Crippen molar-refractivity contribution in [1.82, 2.24) is 10.2 Å². The number of nitrogens with one attached hydrogen (secondary N) is 1. The lowest BCUT2D eigenvalue weighted by Gasteiger charge is -2.40. The van der Waals surface area contributed by atoms with Crippen LogP contribution in [0.25, 0.3) is 0 Å². The first kappa shape index (κ1) is 11.5. The maximum absolute atomic E-state index is 11.9. The number of fused-ring (bicyclic) bond motifs is 1. The van der Waals surface area contributed by atoms with Crippen molar-refractivity contribution in [3.63, 3.8) is 0 Å². The normalized spacial score (nSPS) is 28.6. The van der Waals surface area contributed by atoms with Crippen molar-refractivity contribution in [3.05, 3.63) is 35.9 Å². The SMILES string of the molecule is CN(C(=O)OCc1ccccc1)[C@@H]1[C@H]2CN[C@@H]1C2. The molecule has 1 aliphatic carbocycles. The van der Waals surface area contributed by atoms with Crippen LogP contribution in [0.5, 0.6) is 0 Å². The molecule has 2 saturated heterocycles. The van der Waals surface area contributed by atoms with Gasteiger partial charge in [-0.05, 0) is 17.9 Å². The number of benzene rings is 1. The highest BCUT2D eigenvalue weighted by molar-refractivity contribution is 5.68. The van der Waals surface area contributed by atoms with Crippen LogP contribution in [0.1, 0.15) is 12.0 Å². The van der Waals surface area contributed by atoms with Gasteiger partial charge in [-0.25, -0.2) is 4.79 Å². The van der Waals surface area contributed by atoms with Gasteiger partial charge in [-0.15, -0.1) is 0 Å². The van der Waals surface area contributed by atoms with Gasteiger partial charge >= 0.3 is 6.09 Å². The number of carbonyl (C=O) groups excluding carboxylic acids is 1. The summed E-state index contributed by atoms with van der Waals surface area (Å²) in [5, 5.41) is 3.40. The van der Waals surface area contributed by atoms with Gasteiger partial charge in [-0.2, -0.15) is 0 Å². The Balaban J connectivity index is 1.52. The van der Waals surface area contributed by atoms with Crippen LogP contribution in [-0.2, 0) is 11.3 Å². The summed E-state index contributed by atoms with van der Waals surface area (Å²) in [4.78, 5) is 13.7. The lowest BCUT2D eigenvalue weighted by Crippen LogP contribution is -2.54. The zero-order valence-corrected chi connectivity index (χ0v) is 10.5. The van der Waals surface area contributed by atoms with Gasteiger partial charge in [-0.1, -0.05) is 30.3 Å². The molecule has 4 rings (SSSR count). The molecular weight excluding hydrogens is 228 g/mol. The van der Waals surface area contributed by atoms with Gasteiger partial charge in [-0.3, -0.25) is 0 Å². The molecule has 96 valence electrons. The number of amides is 1. The van der Waals surface area contributed by atoms with Gasteiger partial charge in [0.25, 0.3) is 0 Å². The van der Waals surface area contributed by atoms with E-state index < -0.39 is 0 Å². The Bertz CT molecular complexity index is 421. The fourth-order valence-corrected chi connectivity index (χ4v) is 2.98. The Kier molecular flexibility index (Phi) is 2.96. The number of hydrogen-bond acceptors (Lipinski definition) is 3. The molecule has 0 radical (unpaired) electrons. The molecule has 4 heteroatoms. The van der Waals surface area contributed by atoms with Crippen molar-refractivity contribution < 1.29 is 9.53 Å². The summed E-state index contributed by atoms with van der Waals surface area (Å²) < 4.78 is 5.33. The fraction of sp³-hybridized carbons (Fsp3) is 0.500. The average Bonchev–Trinajstić information content (AvgIpc) is 3.00. The first-order valence-electron chi connectivity index (χ1n) is 6.42. The van der Waals surface area contributed by atoms with Gasteiger partial charge < -0.3 is 15.0 Å². The summed E-state index contributed by atoms with van der Waals surface area (Å²) >= 11 is 0. The number of carbonyl (C=O) groups is 1. The van der Waals surface area contributed by atoms with Crippen LogP contribution in [0, 0.1) is 5.92 Å². The third-order valence-electron chi connectivity index (χ3n) is 4.03. The second-order valence-electron chi connectivity index (χ2n) is 5.15. The van der Waals surface area contributed by atoms with Crippen LogP contribution in [0.15, 0.2) is 30.3 Å². The van der Waals surface area contributed by atoms with Crippen LogP contribution in [-0.4, -0.2) is 36.7 Å². The van der Waals surface area contributed by atoms with E-state index in [4.69, 9.17) is 4.74 Å². The van der Waals surface area contributed by atoms with Gasteiger partial charge in [0.05, 0.1) is 6.04 Å². The molecule has 0 spiro atoms. The smallest absolute Gasteiger partial charge is 0.410 e. The van der Waals surface area contributed by atoms with Gasteiger partial charge in [0.15, 0.2) is 0 Å². The topological polar surface area (TPSA) is 41.6 Å². The Labute approximate surface area is 107 Å². The third-order valence-corrected chi connectivity index (χ3v) is 4.03. The maximum atomic E-state index is 11.9. The zero-order valence-electron chi connectivity index (χ0n) is 10.5. The largest absolute Gasteiger partial charge is 0.445 e. The van der Waals surface area contributed by atoms with Crippen molar-refractivity contribution in [2.24, 2.45) is 5.92 Å². The molecule has 2 bridgehead atoms. The second-order valence-corrected chi connectivity index (χ2v) is 5.15. The Morgan fingerprint density at radius 1 is 1.44 bits per heavy atom. The summed E-state index contributed by atoms with van der Waals surface area (Å²) in [5.41, 5.74) is 1.02. The van der Waals surface area contributed by atoms with E-state index >= 15 is 0 Å². The summed E-state index contributed by atoms with van der Waals surface area (Å²) in [6.07, 6.45) is 0.975. The average molecular weight is 246 g/mol. The molecule has 1 N–H and O–H groups in total. The minimum atomic E-state index is -0.220. The lowest BCUT2D eigenvalue weighted by molar-refractivity contribution is 0.0578. The Morgan fingerprint density at radius 3 is 2.83 bits per heavy atom. The molecule has 2 aliphatic heterocycles. The number of hydrogen-bond donors (Lipinski definition) is 1. The second kappa shape index (κ2) is 4.61. The van der Waals surface area contributed by atoms with Crippen LogP contribution >= 0.6 is 0 Å². The van der Waals surface area contributed by atoms with E-state index in [9.17, 15) is 4.79 Å². The molecular formula is C14H18N2O2. The van der Waals surface area contributed by atoms with E-state index in [2.05, 4.69) is 5.32 Å². The molecule has 18 heavy (non-hydrogen) atoms. The standard InChI is InChI=1S/C14H18N2O2/c1-16(13-11-7-12(13)15-8-11)14(17)18-9-10-5-3-2-4-6-10/h2-6,11-13,15H,7-9H2,1H3/t11-,12-,13-/m1/s1. The van der Waals surface area contributed by atoms with E-state index in [1.54, 1.807) is 4.90 Å². The molecule has 0 aromatic heterocycles. The molecule has 1 amide bonds. The van der Waals surface area contributed by atoms with Crippen LogP contribution < -0.4 is 5.32 Å². The van der Waals surface area contributed by atoms with Gasteiger partial charge in [0.2, 0.25) is 0 Å². The van der Waals surface area contributed by atoms with Crippen molar-refractivity contribution >= 4 is 6.09 Å². The Hall–Kier alpha value is -1.55. The highest BCUT2D eigenvalue weighted by Crippen LogP contribution is 2.37. The molecule has 0 unspecified atom stereocenters. The molecule has 3 aliphatic rings. The summed E-state index contributed by atoms with van der Waals surface area (Å²) in [6.45, 7) is 1.38. The van der Waals surface area contributed by atoms with Crippen LogP contribution in [0.2, 0.25) is 0 Å². The highest BCUT2D eigenvalue weighted by Gasteiger charge is 2.50. The summed E-state index contributed by atoms with van der Waals surface area (Å²) in [7, 11) is 1.84. The zero-order chi connectivity index (χ0) is 12.5. The van der Waals surface area contributed by atoms with Crippen LogP contribution in [0.3, 0.4) is 0 Å². The molecule has 3 atom stereocenters. The van der Waals surface area contributed by atoms with E-state index in [0.717, 1.165) is 12.1 Å². The number of rotatable bonds is 3. The van der Waals surface area contributed by atoms with E-state index in [-0.39, 0.29) is 6.09 Å². The summed E-state index contributed by atoms with van der Waals surface area (Å²) in [5.74, 6) is 0.615. The highest BCUT2D eigenvalue weighted by atomic mass is 16.6. The summed E-state index contributed by atoms with van der Waals surface area (Å²) in [6, 6.07) is 10.6. The van der Waals surface area contributed by atoms with Crippen molar-refractivity contribution in [3.8, 4) is 0 Å². The van der Waals surface area contributed by atoms with Crippen molar-refractivity contribution in [2.45, 2.75) is 25.1 Å². The number of nitrogens with zero attached hydrogens (tertiary/aromatic N) is 1. The third kappa shape index (κ3) is 1.97. The van der Waals surface area contributed by atoms with E-state index in [0.29, 0.717) is 24.6 Å². The molecule has 1 aromatic carbocycles. The molecule has 4 nitrogen and oxygen atoms in total. The molecule has 1 saturated carbocycles. The number of likely N-dealkylation sites (N-methyl/N-ethyl adjacent to an activating group) is 1. The monoisotopic (exact) mass is 246 g/mol. The quantitative estimate of drug-likeness (QED) is 0.881. The molecule has 2 heterocycles. The van der Waals surface area contributed by atoms with E-state index in [1.165, 1.54) is 6.42 Å². The maximum Gasteiger partial charge on any atom is 0.410 e. The first-order valence-corrected chi connectivity index (χ1v) is 6.42. The minimum absolute atomic E-state index is 0.220. The molecule has 3 fully saturated rings. The first-order chi connectivity index (χ1) is 8.75. The van der Waals surface area contributed by atoms with Gasteiger partial charge in [0, 0.05) is 19.6 Å². The van der Waals surface area contributed by atoms with Crippen molar-refractivity contribution in [2.75, 3.05) is 13.6 Å². The van der Waals surface area contributed by atoms with Crippen molar-refractivity contribution in [1.29, 1.82) is 0 Å². The van der Waals surface area contributed by atoms with E-state index in [1.807, 2.05) is 37.4 Å². The molecule has 1 aromatic rings. The minimum Gasteiger partial charge on any atom is -0.445 e.